The molecular formula is C18H19F2N3O. The van der Waals surface area contributed by atoms with E-state index in [9.17, 15) is 8.78 Å². The number of ether oxygens (including phenoxy) is 1. The molecular weight excluding hydrogens is 312 g/mol. The molecule has 4 nitrogen and oxygen atoms in total. The van der Waals surface area contributed by atoms with E-state index in [2.05, 4.69) is 4.98 Å². The van der Waals surface area contributed by atoms with Crippen molar-refractivity contribution in [1.29, 1.82) is 0 Å². The summed E-state index contributed by atoms with van der Waals surface area (Å²) in [6.45, 7) is 6.27. The van der Waals surface area contributed by atoms with Crippen LogP contribution in [0.5, 0.6) is 5.75 Å². The molecule has 2 aromatic carbocycles. The second-order valence-corrected chi connectivity index (χ2v) is 6.11. The normalized spacial score (nSPS) is 11.9. The van der Waals surface area contributed by atoms with Gasteiger partial charge < -0.3 is 15.0 Å². The van der Waals surface area contributed by atoms with E-state index in [4.69, 9.17) is 10.5 Å². The summed E-state index contributed by atoms with van der Waals surface area (Å²) in [5.41, 5.74) is 7.22. The minimum Gasteiger partial charge on any atom is -0.477 e. The Kier molecular flexibility index (Phi) is 3.91. The monoisotopic (exact) mass is 331 g/mol. The van der Waals surface area contributed by atoms with Gasteiger partial charge in [0.05, 0.1) is 11.0 Å². The molecule has 0 radical (unpaired) electrons. The minimum atomic E-state index is -0.914. The number of aromatic nitrogens is 2. The summed E-state index contributed by atoms with van der Waals surface area (Å²) >= 11 is 0. The SMILES string of the molecule is CCn1c(C(C)(C)Oc2ccc(F)cc2F)nc2cc(N)ccc21. The van der Waals surface area contributed by atoms with Crippen molar-refractivity contribution in [2.24, 2.45) is 0 Å². The summed E-state index contributed by atoms with van der Waals surface area (Å²) in [7, 11) is 0. The fourth-order valence-corrected chi connectivity index (χ4v) is 2.81. The van der Waals surface area contributed by atoms with Gasteiger partial charge >= 0.3 is 0 Å². The van der Waals surface area contributed by atoms with Crippen molar-refractivity contribution in [1.82, 2.24) is 9.55 Å². The number of nitrogen functional groups attached to an aromatic ring is 1. The number of nitrogens with two attached hydrogens (primary N) is 1. The van der Waals surface area contributed by atoms with Gasteiger partial charge in [-0.25, -0.2) is 13.8 Å². The lowest BCUT2D eigenvalue weighted by atomic mass is 10.1. The Morgan fingerprint density at radius 1 is 1.17 bits per heavy atom. The second kappa shape index (κ2) is 5.78. The van der Waals surface area contributed by atoms with Gasteiger partial charge in [-0.2, -0.15) is 0 Å². The van der Waals surface area contributed by atoms with Crippen LogP contribution in [0.25, 0.3) is 11.0 Å². The van der Waals surface area contributed by atoms with E-state index >= 15 is 0 Å². The first-order valence-corrected chi connectivity index (χ1v) is 7.72. The standard InChI is InChI=1S/C18H19F2N3O/c1-4-23-15-7-6-12(21)10-14(15)22-17(23)18(2,3)24-16-8-5-11(19)9-13(16)20/h5-10H,4,21H2,1-3H3. The van der Waals surface area contributed by atoms with Gasteiger partial charge in [0.15, 0.2) is 23.0 Å². The van der Waals surface area contributed by atoms with E-state index < -0.39 is 17.2 Å². The van der Waals surface area contributed by atoms with Crippen molar-refractivity contribution < 1.29 is 13.5 Å². The van der Waals surface area contributed by atoms with Crippen LogP contribution in [0.3, 0.4) is 0 Å². The molecule has 6 heteroatoms. The molecule has 0 aliphatic heterocycles. The van der Waals surface area contributed by atoms with Gasteiger partial charge in [0.2, 0.25) is 0 Å². The van der Waals surface area contributed by atoms with Crippen molar-refractivity contribution in [2.45, 2.75) is 32.9 Å². The Bertz CT molecular complexity index is 903. The Balaban J connectivity index is 2.07. The molecule has 0 aliphatic carbocycles. The fraction of sp³-hybridized carbons (Fsp3) is 0.278. The Labute approximate surface area is 138 Å². The summed E-state index contributed by atoms with van der Waals surface area (Å²) in [4.78, 5) is 4.62. The van der Waals surface area contributed by atoms with Crippen LogP contribution in [0.2, 0.25) is 0 Å². The molecule has 0 atom stereocenters. The van der Waals surface area contributed by atoms with Crippen LogP contribution >= 0.6 is 0 Å². The lowest BCUT2D eigenvalue weighted by Crippen LogP contribution is -2.30. The van der Waals surface area contributed by atoms with Crippen molar-refractivity contribution in [3.05, 3.63) is 53.9 Å². The fourth-order valence-electron chi connectivity index (χ4n) is 2.81. The highest BCUT2D eigenvalue weighted by Crippen LogP contribution is 2.32. The minimum absolute atomic E-state index is 0.0179. The van der Waals surface area contributed by atoms with Crippen molar-refractivity contribution >= 4 is 16.7 Å². The first-order valence-electron chi connectivity index (χ1n) is 7.72. The van der Waals surface area contributed by atoms with E-state index in [1.807, 2.05) is 23.6 Å². The molecule has 3 rings (SSSR count). The smallest absolute Gasteiger partial charge is 0.168 e. The van der Waals surface area contributed by atoms with Crippen molar-refractivity contribution in [2.75, 3.05) is 5.73 Å². The number of imidazole rings is 1. The van der Waals surface area contributed by atoms with Crippen molar-refractivity contribution in [3.8, 4) is 5.75 Å². The lowest BCUT2D eigenvalue weighted by molar-refractivity contribution is 0.0892. The van der Waals surface area contributed by atoms with Crippen LogP contribution in [-0.4, -0.2) is 9.55 Å². The third kappa shape index (κ3) is 2.79. The topological polar surface area (TPSA) is 53.1 Å². The average molecular weight is 331 g/mol. The maximum absolute atomic E-state index is 13.9. The van der Waals surface area contributed by atoms with Crippen molar-refractivity contribution in [3.63, 3.8) is 0 Å². The average Bonchev–Trinajstić information content (AvgIpc) is 2.88. The predicted octanol–water partition coefficient (Wildman–Crippen LogP) is 4.23. The van der Waals surface area contributed by atoms with Crippen LogP contribution in [-0.2, 0) is 12.1 Å². The number of fused-ring (bicyclic) bond motifs is 1. The molecule has 0 saturated heterocycles. The summed E-state index contributed by atoms with van der Waals surface area (Å²) in [6.07, 6.45) is 0. The van der Waals surface area contributed by atoms with Gasteiger partial charge in [0.25, 0.3) is 0 Å². The molecule has 0 spiro atoms. The van der Waals surface area contributed by atoms with E-state index in [-0.39, 0.29) is 5.75 Å². The summed E-state index contributed by atoms with van der Waals surface area (Å²) in [6, 6.07) is 8.75. The number of hydrogen-bond donors (Lipinski definition) is 1. The molecule has 1 aromatic heterocycles. The molecule has 0 amide bonds. The van der Waals surface area contributed by atoms with Gasteiger partial charge in [0.1, 0.15) is 5.82 Å². The molecule has 0 unspecified atom stereocenters. The molecule has 2 N–H and O–H groups in total. The maximum atomic E-state index is 13.9. The Morgan fingerprint density at radius 3 is 2.58 bits per heavy atom. The molecule has 0 saturated carbocycles. The number of hydrogen-bond acceptors (Lipinski definition) is 3. The Hall–Kier alpha value is -2.63. The van der Waals surface area contributed by atoms with Gasteiger partial charge in [-0.05, 0) is 51.1 Å². The molecule has 0 aliphatic rings. The molecule has 0 fully saturated rings. The number of nitrogens with zero attached hydrogens (tertiary/aromatic N) is 2. The predicted molar refractivity (Wildman–Crippen MR) is 89.8 cm³/mol. The largest absolute Gasteiger partial charge is 0.477 e. The van der Waals surface area contributed by atoms with Crippen LogP contribution in [0, 0.1) is 11.6 Å². The van der Waals surface area contributed by atoms with E-state index in [0.717, 1.165) is 23.2 Å². The van der Waals surface area contributed by atoms with E-state index in [1.54, 1.807) is 19.9 Å². The first kappa shape index (κ1) is 16.2. The molecule has 126 valence electrons. The van der Waals surface area contributed by atoms with Gasteiger partial charge in [0, 0.05) is 18.3 Å². The summed E-state index contributed by atoms with van der Waals surface area (Å²) in [5.74, 6) is -0.759. The molecule has 3 aromatic rings. The Morgan fingerprint density at radius 2 is 1.92 bits per heavy atom. The van der Waals surface area contributed by atoms with Crippen LogP contribution in [0.15, 0.2) is 36.4 Å². The number of halogens is 2. The first-order chi connectivity index (χ1) is 11.3. The molecule has 24 heavy (non-hydrogen) atoms. The highest BCUT2D eigenvalue weighted by atomic mass is 19.1. The number of rotatable bonds is 4. The lowest BCUT2D eigenvalue weighted by Gasteiger charge is -2.26. The maximum Gasteiger partial charge on any atom is 0.168 e. The van der Waals surface area contributed by atoms with Gasteiger partial charge in [-0.1, -0.05) is 0 Å². The highest BCUT2D eigenvalue weighted by Gasteiger charge is 2.30. The third-order valence-electron chi connectivity index (χ3n) is 3.89. The summed E-state index contributed by atoms with van der Waals surface area (Å²) in [5, 5.41) is 0. The van der Waals surface area contributed by atoms with Crippen LogP contribution < -0.4 is 10.5 Å². The summed E-state index contributed by atoms with van der Waals surface area (Å²) < 4.78 is 34.8. The zero-order chi connectivity index (χ0) is 17.5. The van der Waals surface area contributed by atoms with E-state index in [0.29, 0.717) is 18.1 Å². The quantitative estimate of drug-likeness (QED) is 0.728. The number of aryl methyl sites for hydroxylation is 1. The highest BCUT2D eigenvalue weighted by molar-refractivity contribution is 5.79. The second-order valence-electron chi connectivity index (χ2n) is 6.11. The molecule has 1 heterocycles. The van der Waals surface area contributed by atoms with Gasteiger partial charge in [-0.3, -0.25) is 0 Å². The number of anilines is 1. The van der Waals surface area contributed by atoms with E-state index in [1.165, 1.54) is 6.07 Å². The zero-order valence-electron chi connectivity index (χ0n) is 13.8. The third-order valence-corrected chi connectivity index (χ3v) is 3.89. The van der Waals surface area contributed by atoms with Gasteiger partial charge in [-0.15, -0.1) is 0 Å². The number of benzene rings is 2. The van der Waals surface area contributed by atoms with Crippen LogP contribution in [0.4, 0.5) is 14.5 Å². The van der Waals surface area contributed by atoms with Crippen LogP contribution in [0.1, 0.15) is 26.6 Å². The zero-order valence-corrected chi connectivity index (χ0v) is 13.8. The molecule has 0 bridgehead atoms.